The van der Waals surface area contributed by atoms with Gasteiger partial charge in [-0.05, 0) is 138 Å². The van der Waals surface area contributed by atoms with Gasteiger partial charge >= 0.3 is 0 Å². The number of H-pyrrole nitrogens is 2. The smallest absolute Gasteiger partial charge is 0.140 e. The highest BCUT2D eigenvalue weighted by Crippen LogP contribution is 2.33. The van der Waals surface area contributed by atoms with Crippen LogP contribution in [-0.2, 0) is 0 Å². The summed E-state index contributed by atoms with van der Waals surface area (Å²) in [5, 5.41) is 0. The van der Waals surface area contributed by atoms with Crippen molar-refractivity contribution in [2.75, 3.05) is 0 Å². The molecular formula is C63H84N4O. The summed E-state index contributed by atoms with van der Waals surface area (Å²) in [6.07, 6.45) is 15.7. The third-order valence-electron chi connectivity index (χ3n) is 8.80. The Morgan fingerprint density at radius 1 is 0.412 bits per heavy atom. The van der Waals surface area contributed by atoms with Crippen LogP contribution in [0.3, 0.4) is 0 Å². The summed E-state index contributed by atoms with van der Waals surface area (Å²) in [5.74, 6) is 70.9. The van der Waals surface area contributed by atoms with E-state index in [1.165, 1.54) is 5.56 Å². The number of terminal acetylenes is 1. The molecule has 0 amide bonds. The van der Waals surface area contributed by atoms with Crippen molar-refractivity contribution < 1.29 is 47.5 Å². The van der Waals surface area contributed by atoms with Crippen LogP contribution in [0.5, 0.6) is 5.75 Å². The van der Waals surface area contributed by atoms with Crippen LogP contribution >= 0.6 is 0 Å². The van der Waals surface area contributed by atoms with Crippen LogP contribution in [0.2, 0.25) is 0 Å². The van der Waals surface area contributed by atoms with Crippen LogP contribution in [0.4, 0.5) is 0 Å². The highest BCUT2D eigenvalue weighted by Gasteiger charge is 2.13. The van der Waals surface area contributed by atoms with Gasteiger partial charge < -0.3 is 14.7 Å². The van der Waals surface area contributed by atoms with Crippen LogP contribution in [0.25, 0.3) is 68.6 Å². The molecule has 0 spiro atoms. The summed E-state index contributed by atoms with van der Waals surface area (Å²) in [6.45, 7) is 2.09. The highest BCUT2D eigenvalue weighted by molar-refractivity contribution is 5.93. The molecule has 0 saturated heterocycles. The molecule has 2 N–H and O–H groups in total. The fraction of sp³-hybridized carbons (Fsp3) is 0.0159. The van der Waals surface area contributed by atoms with Gasteiger partial charge in [0.25, 0.3) is 0 Å². The number of benzene rings is 2. The van der Waals surface area contributed by atoms with E-state index in [0.717, 1.165) is 67.1 Å². The molecule has 8 bridgehead atoms. The molecule has 0 atom stereocenters. The quantitative estimate of drug-likeness (QED) is 0.174. The van der Waals surface area contributed by atoms with Crippen molar-refractivity contribution >= 4 is 46.4 Å². The molecule has 5 heterocycles. The number of fused-ring (bicyclic) bond motifs is 8. The number of ether oxygens (including phenoxy) is 1. The summed E-state index contributed by atoms with van der Waals surface area (Å²) in [4.78, 5) is 17.3. The minimum atomic E-state index is 0. The summed E-state index contributed by atoms with van der Waals surface area (Å²) < 4.78 is 5.62. The molecule has 68 heavy (non-hydrogen) atoms. The zero-order valence-corrected chi connectivity index (χ0v) is 35.8. The summed E-state index contributed by atoms with van der Waals surface area (Å²) in [5.41, 5.74) is 12.3. The van der Waals surface area contributed by atoms with Crippen LogP contribution in [0.1, 0.15) is 71.1 Å². The van der Waals surface area contributed by atoms with Gasteiger partial charge in [-0.15, -0.1) is 6.42 Å². The average molecular weight is 913 g/mol. The third-order valence-corrected chi connectivity index (χ3v) is 8.80. The van der Waals surface area contributed by atoms with E-state index in [1.807, 2.05) is 60.7 Å². The van der Waals surface area contributed by atoms with Gasteiger partial charge in [0.05, 0.1) is 22.8 Å². The second kappa shape index (κ2) is 24.0. The van der Waals surface area contributed by atoms with Gasteiger partial charge in [-0.25, -0.2) is 9.97 Å². The van der Waals surface area contributed by atoms with Gasteiger partial charge in [-0.3, -0.25) is 0 Å². The van der Waals surface area contributed by atoms with E-state index < -0.39 is 0 Å². The molecule has 2 aliphatic rings. The fourth-order valence-corrected chi connectivity index (χ4v) is 6.02. The van der Waals surface area contributed by atoms with Crippen LogP contribution < -0.4 is 4.74 Å². The predicted molar refractivity (Wildman–Crippen MR) is 336 cm³/mol. The molecule has 3 aromatic heterocycles. The third kappa shape index (κ3) is 13.4. The Hall–Kier alpha value is -11.8. The van der Waals surface area contributed by atoms with Gasteiger partial charge in [0.2, 0.25) is 0 Å². The molecule has 362 valence electrons. The first-order valence-electron chi connectivity index (χ1n) is 20.0. The molecule has 0 saturated carbocycles. The Morgan fingerprint density at radius 2 is 0.765 bits per heavy atom. The maximum absolute atomic E-state index is 5.62. The van der Waals surface area contributed by atoms with Crippen molar-refractivity contribution in [2.45, 2.75) is 6.92 Å². The molecular weight excluding hydrogens is 829 g/mol. The standard InChI is InChI=1S/C63H24N4O.30H2/c1-3-4-5-6-7-8-9-10-11-12-13-14-15-16-17-18-19-20-21-22-23-24-25-26-27-28-29-30-47-68-57-41-35-52(36-42-57)63-60-45-39-55(66-60)48-53-37-43-58(64-53)62(51-33-31-50(2)32-34-51)59-44-38-54(65-59)49-56-40-46-61(63)67-56;;;;;;;;;;;;;;;;;;;;;;;;;;;;;;/h1,31-46,48-49,64,67H,2H3;30*1H. The number of rotatable bonds is 3. The summed E-state index contributed by atoms with van der Waals surface area (Å²) in [7, 11) is 0. The summed E-state index contributed by atoms with van der Waals surface area (Å²) >= 11 is 0. The number of aryl methyl sites for hydroxylation is 1. The monoisotopic (exact) mass is 913 g/mol. The molecule has 5 nitrogen and oxygen atoms in total. The van der Waals surface area contributed by atoms with E-state index in [1.54, 1.807) is 0 Å². The van der Waals surface area contributed by atoms with Crippen LogP contribution in [0.15, 0.2) is 84.9 Å². The lowest BCUT2D eigenvalue weighted by molar-refractivity contribution is 0.520. The first kappa shape index (κ1) is 44.3. The Bertz CT molecular complexity index is 4230. The zero-order valence-electron chi connectivity index (χ0n) is 35.8. The molecule has 7 rings (SSSR count). The van der Waals surface area contributed by atoms with E-state index in [0.29, 0.717) is 5.75 Å². The average Bonchev–Trinajstić information content (AvgIpc) is 4.20. The first-order valence-corrected chi connectivity index (χ1v) is 20.0. The largest absolute Gasteiger partial charge is 0.407 e. The number of hydrogen-bond donors (Lipinski definition) is 2. The first-order chi connectivity index (χ1) is 33.6. The van der Waals surface area contributed by atoms with E-state index in [9.17, 15) is 0 Å². The normalized spacial score (nSPS) is 8.65. The second-order valence-corrected chi connectivity index (χ2v) is 13.3. The number of aromatic amines is 2. The highest BCUT2D eigenvalue weighted by atomic mass is 16.5. The maximum atomic E-state index is 5.62. The van der Waals surface area contributed by atoms with Crippen molar-refractivity contribution in [3.05, 3.63) is 113 Å². The van der Waals surface area contributed by atoms with Gasteiger partial charge in [0.1, 0.15) is 11.9 Å². The molecule has 0 radical (unpaired) electrons. The Labute approximate surface area is 440 Å². The van der Waals surface area contributed by atoms with Gasteiger partial charge in [0, 0.05) is 194 Å². The van der Waals surface area contributed by atoms with E-state index >= 15 is 0 Å². The Morgan fingerprint density at radius 3 is 1.15 bits per heavy atom. The molecule has 0 unspecified atom stereocenters. The molecule has 2 aromatic carbocycles. The summed E-state index contributed by atoms with van der Waals surface area (Å²) in [6, 6.07) is 28.5. The fourth-order valence-electron chi connectivity index (χ4n) is 6.02. The zero-order chi connectivity index (χ0) is 46.9. The Kier molecular flexibility index (Phi) is 15.7. The molecule has 0 aliphatic carbocycles. The van der Waals surface area contributed by atoms with E-state index in [4.69, 9.17) is 21.1 Å². The van der Waals surface area contributed by atoms with Crippen molar-refractivity contribution in [3.8, 4) is 206 Å². The van der Waals surface area contributed by atoms with Gasteiger partial charge in [-0.2, -0.15) is 0 Å². The van der Waals surface area contributed by atoms with Gasteiger partial charge in [-0.1, -0.05) is 42.0 Å². The topological polar surface area (TPSA) is 66.6 Å². The van der Waals surface area contributed by atoms with Crippen LogP contribution in [-0.4, -0.2) is 19.9 Å². The molecule has 0 fully saturated rings. The van der Waals surface area contributed by atoms with Crippen molar-refractivity contribution in [3.63, 3.8) is 0 Å². The van der Waals surface area contributed by atoms with Crippen molar-refractivity contribution in [1.29, 1.82) is 0 Å². The molecule has 5 aromatic rings. The van der Waals surface area contributed by atoms with Crippen molar-refractivity contribution in [1.82, 2.24) is 19.9 Å². The second-order valence-electron chi connectivity index (χ2n) is 13.3. The molecule has 2 aliphatic heterocycles. The minimum Gasteiger partial charge on any atom is -0.407 e. The van der Waals surface area contributed by atoms with E-state index in [2.05, 4.69) is 237 Å². The minimum absolute atomic E-state index is 0. The lowest BCUT2D eigenvalue weighted by atomic mass is 10.0. The molecule has 5 heteroatoms. The number of nitrogens with one attached hydrogen (secondary N) is 2. The predicted octanol–water partition coefficient (Wildman–Crippen LogP) is 15.7. The lowest BCUT2D eigenvalue weighted by Gasteiger charge is -2.05. The Balaban J connectivity index is -0.0000000830. The van der Waals surface area contributed by atoms with E-state index in [-0.39, 0.29) is 42.8 Å². The van der Waals surface area contributed by atoms with Gasteiger partial charge in [0.15, 0.2) is 0 Å². The number of aromatic nitrogens is 4. The van der Waals surface area contributed by atoms with Crippen LogP contribution in [0, 0.1) is 185 Å². The van der Waals surface area contributed by atoms with Crippen molar-refractivity contribution in [2.24, 2.45) is 0 Å². The number of hydrogen-bond acceptors (Lipinski definition) is 3. The SMILES string of the molecule is C#CC#CC#CC#CC#CC#CC#CC#CC#CC#CC#CC#CC#CC#CC#COc1ccc(-c2c3nc(cc4ccc([nH]4)c(-c4ccc(C)cc4)c4nc(cc5ccc2[nH]5)C=C4)C=C3)cc1.[HH].[HH].[HH].[HH].[HH].[HH].[HH].[HH].[HH].[HH].[HH].[HH].[HH].[HH].[HH].[HH].[HH].[HH].[HH].[HH].[HH].[HH].[HH].[HH].[HH].[HH].[HH].[HH].[HH].[HH]. The maximum Gasteiger partial charge on any atom is 0.140 e. The lowest BCUT2D eigenvalue weighted by Crippen LogP contribution is -1.87. The number of nitrogens with zero attached hydrogens (tertiary/aromatic N) is 2.